The summed E-state index contributed by atoms with van der Waals surface area (Å²) in [5.41, 5.74) is 20.7. The quantitative estimate of drug-likeness (QED) is 0.280. The van der Waals surface area contributed by atoms with E-state index in [0.717, 1.165) is 17.5 Å². The number of hydrogen-bond donors (Lipinski definition) is 4. The highest BCUT2D eigenvalue weighted by Gasteiger charge is 2.11. The van der Waals surface area contributed by atoms with Crippen molar-refractivity contribution in [1.29, 1.82) is 0 Å². The largest absolute Gasteiger partial charge is 0.395 e. The molecule has 2 aromatic heterocycles. The van der Waals surface area contributed by atoms with Crippen LogP contribution in [0.15, 0.2) is 73.1 Å². The second kappa shape index (κ2) is 8.67. The predicted molar refractivity (Wildman–Crippen MR) is 121 cm³/mol. The van der Waals surface area contributed by atoms with E-state index in [9.17, 15) is 0 Å². The maximum absolute atomic E-state index is 6.15. The number of nitrogens with one attached hydrogen (secondary N) is 1. The van der Waals surface area contributed by atoms with Crippen LogP contribution in [0.1, 0.15) is 27.8 Å². The van der Waals surface area contributed by atoms with Crippen LogP contribution in [0.3, 0.4) is 0 Å². The second-order valence-corrected chi connectivity index (χ2v) is 7.27. The van der Waals surface area contributed by atoms with Gasteiger partial charge < -0.3 is 16.9 Å². The third-order valence-corrected chi connectivity index (χ3v) is 5.07. The molecule has 2 heterocycles. The minimum absolute atomic E-state index is 0.370. The van der Waals surface area contributed by atoms with Gasteiger partial charge in [0.05, 0.1) is 18.4 Å². The molecule has 7 N–H and O–H groups in total. The molecule has 0 bridgehead atoms. The normalized spacial score (nSPS) is 10.8. The molecule has 30 heavy (non-hydrogen) atoms. The summed E-state index contributed by atoms with van der Waals surface area (Å²) in [6, 6.07) is 20.7. The van der Waals surface area contributed by atoms with Gasteiger partial charge in [0, 0.05) is 12.6 Å². The third-order valence-electron chi connectivity index (χ3n) is 5.07. The molecule has 0 unspecified atom stereocenters. The van der Waals surface area contributed by atoms with E-state index >= 15 is 0 Å². The molecule has 7 heteroatoms. The highest BCUT2D eigenvalue weighted by Crippen LogP contribution is 2.25. The van der Waals surface area contributed by atoms with Crippen LogP contribution in [-0.2, 0) is 19.4 Å². The van der Waals surface area contributed by atoms with E-state index in [4.69, 9.17) is 17.3 Å². The molecule has 0 saturated heterocycles. The molecule has 0 saturated carbocycles. The minimum atomic E-state index is 0.370. The fourth-order valence-corrected chi connectivity index (χ4v) is 3.56. The van der Waals surface area contributed by atoms with Crippen molar-refractivity contribution in [3.05, 3.63) is 101 Å². The van der Waals surface area contributed by atoms with Gasteiger partial charge in [-0.05, 0) is 40.3 Å². The number of nitrogens with zero attached hydrogens (tertiary/aromatic N) is 3. The van der Waals surface area contributed by atoms with Crippen LogP contribution in [0.25, 0.3) is 0 Å². The van der Waals surface area contributed by atoms with Crippen molar-refractivity contribution in [3.63, 3.8) is 0 Å². The first kappa shape index (κ1) is 19.5. The molecule has 0 amide bonds. The van der Waals surface area contributed by atoms with E-state index in [1.807, 2.05) is 23.1 Å². The number of nitrogen functional groups attached to an aromatic ring is 3. The van der Waals surface area contributed by atoms with Gasteiger partial charge in [0.2, 0.25) is 0 Å². The number of nitrogens with two attached hydrogens (primary N) is 3. The van der Waals surface area contributed by atoms with Crippen molar-refractivity contribution >= 4 is 17.3 Å². The van der Waals surface area contributed by atoms with E-state index in [1.165, 1.54) is 16.7 Å². The van der Waals surface area contributed by atoms with Gasteiger partial charge in [-0.3, -0.25) is 4.68 Å². The lowest BCUT2D eigenvalue weighted by atomic mass is 10.00. The van der Waals surface area contributed by atoms with Crippen molar-refractivity contribution in [2.75, 3.05) is 16.9 Å². The van der Waals surface area contributed by atoms with Crippen LogP contribution >= 0.6 is 0 Å². The topological polar surface area (TPSA) is 121 Å². The SMILES string of the molecule is NNc1nc(N)cc(Cc2cnn(Cc3ccccc3Cc3ccccc3)c2)c1N. The fourth-order valence-electron chi connectivity index (χ4n) is 3.56. The van der Waals surface area contributed by atoms with E-state index in [2.05, 4.69) is 64.0 Å². The number of rotatable bonds is 7. The van der Waals surface area contributed by atoms with Gasteiger partial charge in [0.15, 0.2) is 5.82 Å². The van der Waals surface area contributed by atoms with Crippen molar-refractivity contribution in [1.82, 2.24) is 14.8 Å². The summed E-state index contributed by atoms with van der Waals surface area (Å²) in [4.78, 5) is 4.09. The van der Waals surface area contributed by atoms with E-state index in [-0.39, 0.29) is 0 Å². The molecule has 0 atom stereocenters. The van der Waals surface area contributed by atoms with Crippen LogP contribution in [0.2, 0.25) is 0 Å². The number of hydrogen-bond acceptors (Lipinski definition) is 6. The van der Waals surface area contributed by atoms with Crippen molar-refractivity contribution < 1.29 is 0 Å². The Morgan fingerprint density at radius 2 is 1.53 bits per heavy atom. The van der Waals surface area contributed by atoms with E-state index in [0.29, 0.717) is 30.3 Å². The van der Waals surface area contributed by atoms with Gasteiger partial charge >= 0.3 is 0 Å². The Kier molecular flexibility index (Phi) is 5.63. The van der Waals surface area contributed by atoms with Crippen LogP contribution in [0.4, 0.5) is 17.3 Å². The summed E-state index contributed by atoms with van der Waals surface area (Å²) in [6.45, 7) is 0.701. The number of anilines is 3. The van der Waals surface area contributed by atoms with Gasteiger partial charge in [-0.2, -0.15) is 5.10 Å². The summed E-state index contributed by atoms with van der Waals surface area (Å²) in [5.74, 6) is 6.23. The van der Waals surface area contributed by atoms with Crippen molar-refractivity contribution in [3.8, 4) is 0 Å². The standard InChI is InChI=1S/C23H25N7/c24-21-12-20(22(25)23(28-21)29-26)11-17-13-27-30(14-17)15-19-9-5-4-8-18(19)10-16-6-2-1-3-7-16/h1-9,12-14H,10-11,15,25-26H2,(H3,24,28,29). The summed E-state index contributed by atoms with van der Waals surface area (Å²) in [5, 5.41) is 4.54. The van der Waals surface area contributed by atoms with Crippen molar-refractivity contribution in [2.45, 2.75) is 19.4 Å². The monoisotopic (exact) mass is 399 g/mol. The van der Waals surface area contributed by atoms with Gasteiger partial charge in [-0.15, -0.1) is 0 Å². The number of hydrazine groups is 1. The lowest BCUT2D eigenvalue weighted by Gasteiger charge is -2.11. The molecule has 7 nitrogen and oxygen atoms in total. The molecular formula is C23H25N7. The first-order chi connectivity index (χ1) is 14.6. The molecule has 0 radical (unpaired) electrons. The maximum Gasteiger partial charge on any atom is 0.165 e. The van der Waals surface area contributed by atoms with Crippen LogP contribution in [-0.4, -0.2) is 14.8 Å². The molecule has 0 aliphatic rings. The van der Waals surface area contributed by atoms with Crippen LogP contribution in [0.5, 0.6) is 0 Å². The molecule has 152 valence electrons. The van der Waals surface area contributed by atoms with Gasteiger partial charge in [0.1, 0.15) is 5.82 Å². The fraction of sp³-hybridized carbons (Fsp3) is 0.130. The van der Waals surface area contributed by atoms with Crippen molar-refractivity contribution in [2.24, 2.45) is 5.84 Å². The minimum Gasteiger partial charge on any atom is -0.395 e. The second-order valence-electron chi connectivity index (χ2n) is 7.27. The smallest absolute Gasteiger partial charge is 0.165 e. The lowest BCUT2D eigenvalue weighted by Crippen LogP contribution is -2.13. The van der Waals surface area contributed by atoms with Crippen LogP contribution in [0, 0.1) is 0 Å². The summed E-state index contributed by atoms with van der Waals surface area (Å²) < 4.78 is 1.95. The molecular weight excluding hydrogens is 374 g/mol. The Balaban J connectivity index is 1.52. The van der Waals surface area contributed by atoms with Gasteiger partial charge in [0.25, 0.3) is 0 Å². The van der Waals surface area contributed by atoms with E-state index < -0.39 is 0 Å². The zero-order valence-corrected chi connectivity index (χ0v) is 16.6. The number of benzene rings is 2. The molecule has 4 aromatic rings. The Morgan fingerprint density at radius 3 is 2.30 bits per heavy atom. The predicted octanol–water partition coefficient (Wildman–Crippen LogP) is 2.96. The summed E-state index contributed by atoms with van der Waals surface area (Å²) in [6.07, 6.45) is 5.38. The lowest BCUT2D eigenvalue weighted by molar-refractivity contribution is 0.682. The molecule has 0 aliphatic carbocycles. The van der Waals surface area contributed by atoms with Gasteiger partial charge in [-0.1, -0.05) is 54.6 Å². The highest BCUT2D eigenvalue weighted by atomic mass is 15.3. The Bertz CT molecular complexity index is 1140. The number of pyridine rings is 1. The Labute approximate surface area is 175 Å². The molecule has 0 aliphatic heterocycles. The van der Waals surface area contributed by atoms with Crippen LogP contribution < -0.4 is 22.7 Å². The maximum atomic E-state index is 6.15. The highest BCUT2D eigenvalue weighted by molar-refractivity contribution is 5.68. The zero-order valence-electron chi connectivity index (χ0n) is 16.6. The Hall–Kier alpha value is -3.84. The molecule has 0 spiro atoms. The Morgan fingerprint density at radius 1 is 0.833 bits per heavy atom. The average Bonchev–Trinajstić information content (AvgIpc) is 3.19. The molecule has 2 aromatic carbocycles. The zero-order chi connectivity index (χ0) is 20.9. The molecule has 0 fully saturated rings. The van der Waals surface area contributed by atoms with E-state index in [1.54, 1.807) is 6.07 Å². The first-order valence-corrected chi connectivity index (χ1v) is 9.76. The first-order valence-electron chi connectivity index (χ1n) is 9.76. The third kappa shape index (κ3) is 4.42. The average molecular weight is 400 g/mol. The number of aromatic nitrogens is 3. The summed E-state index contributed by atoms with van der Waals surface area (Å²) >= 11 is 0. The van der Waals surface area contributed by atoms with Gasteiger partial charge in [-0.25, -0.2) is 10.8 Å². The summed E-state index contributed by atoms with van der Waals surface area (Å²) in [7, 11) is 0. The molecule has 4 rings (SSSR count).